The van der Waals surface area contributed by atoms with Crippen molar-refractivity contribution >= 4 is 11.9 Å². The number of benzene rings is 1. The van der Waals surface area contributed by atoms with E-state index in [1.165, 1.54) is 26.2 Å². The summed E-state index contributed by atoms with van der Waals surface area (Å²) >= 11 is 0. The summed E-state index contributed by atoms with van der Waals surface area (Å²) in [5.41, 5.74) is 6.58. The van der Waals surface area contributed by atoms with E-state index in [1.54, 1.807) is 12.1 Å². The minimum Gasteiger partial charge on any atom is -0.508 e. The monoisotopic (exact) mass is 266 g/mol. The van der Waals surface area contributed by atoms with Crippen molar-refractivity contribution in [1.29, 1.82) is 0 Å². The molecule has 0 aromatic heterocycles. The molecule has 0 aliphatic carbocycles. The Morgan fingerprint density at radius 2 is 1.95 bits per heavy atom. The van der Waals surface area contributed by atoms with E-state index in [-0.39, 0.29) is 5.75 Å². The SMILES string of the molecule is COC(=O)C(C)NC(=O)[C@H](N)Cc1ccc(O)cc1. The fourth-order valence-electron chi connectivity index (χ4n) is 1.53. The van der Waals surface area contributed by atoms with Gasteiger partial charge >= 0.3 is 5.97 Å². The van der Waals surface area contributed by atoms with Gasteiger partial charge in [-0.25, -0.2) is 4.79 Å². The highest BCUT2D eigenvalue weighted by atomic mass is 16.5. The summed E-state index contributed by atoms with van der Waals surface area (Å²) in [7, 11) is 1.25. The van der Waals surface area contributed by atoms with Crippen LogP contribution >= 0.6 is 0 Å². The third-order valence-corrected chi connectivity index (χ3v) is 2.64. The number of ether oxygens (including phenoxy) is 1. The van der Waals surface area contributed by atoms with Gasteiger partial charge in [0, 0.05) is 0 Å². The lowest BCUT2D eigenvalue weighted by Crippen LogP contribution is -2.48. The zero-order valence-corrected chi connectivity index (χ0v) is 10.9. The molecular weight excluding hydrogens is 248 g/mol. The summed E-state index contributed by atoms with van der Waals surface area (Å²) in [6, 6.07) is 4.92. The van der Waals surface area contributed by atoms with Crippen molar-refractivity contribution in [3.05, 3.63) is 29.8 Å². The van der Waals surface area contributed by atoms with E-state index in [4.69, 9.17) is 10.8 Å². The Morgan fingerprint density at radius 3 is 2.47 bits per heavy atom. The molecule has 0 aliphatic rings. The van der Waals surface area contributed by atoms with E-state index in [0.29, 0.717) is 6.42 Å². The van der Waals surface area contributed by atoms with Crippen LogP contribution in [-0.4, -0.2) is 36.2 Å². The lowest BCUT2D eigenvalue weighted by atomic mass is 10.1. The molecule has 0 radical (unpaired) electrons. The molecule has 0 fully saturated rings. The van der Waals surface area contributed by atoms with Crippen LogP contribution in [0.15, 0.2) is 24.3 Å². The standard InChI is InChI=1S/C13H18N2O4/c1-8(13(18)19-2)15-12(17)11(14)7-9-3-5-10(16)6-4-9/h3-6,8,11,16H,7,14H2,1-2H3,(H,15,17)/t8?,11-/m1/s1. The van der Waals surface area contributed by atoms with Gasteiger partial charge in [-0.3, -0.25) is 4.79 Å². The number of hydrogen-bond acceptors (Lipinski definition) is 5. The maximum atomic E-state index is 11.8. The first-order valence-electron chi connectivity index (χ1n) is 5.85. The van der Waals surface area contributed by atoms with E-state index in [9.17, 15) is 9.59 Å². The van der Waals surface area contributed by atoms with Crippen LogP contribution in [0.2, 0.25) is 0 Å². The van der Waals surface area contributed by atoms with Gasteiger partial charge in [0.25, 0.3) is 0 Å². The molecule has 0 aliphatic heterocycles. The molecule has 104 valence electrons. The molecule has 6 heteroatoms. The topological polar surface area (TPSA) is 102 Å². The van der Waals surface area contributed by atoms with E-state index >= 15 is 0 Å². The van der Waals surface area contributed by atoms with Crippen molar-refractivity contribution < 1.29 is 19.4 Å². The number of phenolic OH excluding ortho intramolecular Hbond substituents is 1. The van der Waals surface area contributed by atoms with Crippen molar-refractivity contribution in [3.63, 3.8) is 0 Å². The molecule has 19 heavy (non-hydrogen) atoms. The van der Waals surface area contributed by atoms with Crippen LogP contribution in [0.25, 0.3) is 0 Å². The van der Waals surface area contributed by atoms with Gasteiger partial charge in [-0.15, -0.1) is 0 Å². The number of aromatic hydroxyl groups is 1. The van der Waals surface area contributed by atoms with E-state index in [0.717, 1.165) is 5.56 Å². The minimum absolute atomic E-state index is 0.154. The van der Waals surface area contributed by atoms with Crippen LogP contribution in [0.4, 0.5) is 0 Å². The number of carbonyl (C=O) groups is 2. The molecule has 0 saturated heterocycles. The number of hydrogen-bond donors (Lipinski definition) is 3. The number of esters is 1. The Balaban J connectivity index is 2.53. The largest absolute Gasteiger partial charge is 0.508 e. The molecule has 1 aromatic rings. The van der Waals surface area contributed by atoms with Crippen LogP contribution in [0.1, 0.15) is 12.5 Å². The van der Waals surface area contributed by atoms with Gasteiger partial charge in [0.1, 0.15) is 11.8 Å². The number of phenols is 1. The van der Waals surface area contributed by atoms with E-state index in [2.05, 4.69) is 10.1 Å². The van der Waals surface area contributed by atoms with Gasteiger partial charge in [0.15, 0.2) is 0 Å². The van der Waals surface area contributed by atoms with Crippen LogP contribution in [0.5, 0.6) is 5.75 Å². The molecular formula is C13H18N2O4. The maximum absolute atomic E-state index is 11.8. The zero-order valence-electron chi connectivity index (χ0n) is 10.9. The molecule has 2 atom stereocenters. The van der Waals surface area contributed by atoms with Crippen LogP contribution in [0.3, 0.4) is 0 Å². The van der Waals surface area contributed by atoms with Crippen LogP contribution in [0, 0.1) is 0 Å². The Kier molecular flexibility index (Phi) is 5.32. The van der Waals surface area contributed by atoms with Crippen molar-refractivity contribution in [1.82, 2.24) is 5.32 Å². The van der Waals surface area contributed by atoms with E-state index < -0.39 is 24.0 Å². The molecule has 0 spiro atoms. The van der Waals surface area contributed by atoms with Gasteiger partial charge in [-0.05, 0) is 31.0 Å². The first kappa shape index (κ1) is 15.0. The van der Waals surface area contributed by atoms with Gasteiger partial charge in [0.05, 0.1) is 13.2 Å². The second-order valence-electron chi connectivity index (χ2n) is 4.23. The summed E-state index contributed by atoms with van der Waals surface area (Å²) < 4.78 is 4.50. The average Bonchev–Trinajstić information content (AvgIpc) is 2.40. The minimum atomic E-state index is -0.767. The number of methoxy groups -OCH3 is 1. The predicted molar refractivity (Wildman–Crippen MR) is 69.4 cm³/mol. The molecule has 0 saturated carbocycles. The highest BCUT2D eigenvalue weighted by Crippen LogP contribution is 2.10. The number of carbonyl (C=O) groups excluding carboxylic acids is 2. The average molecular weight is 266 g/mol. The Hall–Kier alpha value is -2.08. The lowest BCUT2D eigenvalue weighted by molar-refractivity contribution is -0.144. The predicted octanol–water partition coefficient (Wildman–Crippen LogP) is -0.0603. The number of nitrogens with two attached hydrogens (primary N) is 1. The number of rotatable bonds is 5. The second kappa shape index (κ2) is 6.75. The fourth-order valence-corrected chi connectivity index (χ4v) is 1.53. The summed E-state index contributed by atoms with van der Waals surface area (Å²) in [6.45, 7) is 1.52. The summed E-state index contributed by atoms with van der Waals surface area (Å²) in [6.07, 6.45) is 0.319. The maximum Gasteiger partial charge on any atom is 0.328 e. The quantitative estimate of drug-likeness (QED) is 0.648. The third kappa shape index (κ3) is 4.59. The van der Waals surface area contributed by atoms with Gasteiger partial charge in [-0.2, -0.15) is 0 Å². The summed E-state index contributed by atoms with van der Waals surface area (Å²) in [4.78, 5) is 22.9. The van der Waals surface area contributed by atoms with Crippen molar-refractivity contribution in [2.75, 3.05) is 7.11 Å². The molecule has 4 N–H and O–H groups in total. The van der Waals surface area contributed by atoms with Gasteiger partial charge in [0.2, 0.25) is 5.91 Å². The first-order chi connectivity index (χ1) is 8.93. The highest BCUT2D eigenvalue weighted by molar-refractivity contribution is 5.87. The summed E-state index contributed by atoms with van der Waals surface area (Å²) in [5.74, 6) is -0.794. The number of amides is 1. The van der Waals surface area contributed by atoms with Crippen molar-refractivity contribution in [2.24, 2.45) is 5.73 Å². The smallest absolute Gasteiger partial charge is 0.328 e. The van der Waals surface area contributed by atoms with Crippen molar-refractivity contribution in [3.8, 4) is 5.75 Å². The Bertz CT molecular complexity index is 444. The van der Waals surface area contributed by atoms with Gasteiger partial charge < -0.3 is 20.9 Å². The highest BCUT2D eigenvalue weighted by Gasteiger charge is 2.20. The zero-order chi connectivity index (χ0) is 14.4. The normalized spacial score (nSPS) is 13.4. The fraction of sp³-hybridized carbons (Fsp3) is 0.385. The Labute approximate surface area is 111 Å². The second-order valence-corrected chi connectivity index (χ2v) is 4.23. The molecule has 6 nitrogen and oxygen atoms in total. The Morgan fingerprint density at radius 1 is 1.37 bits per heavy atom. The molecule has 1 unspecified atom stereocenters. The van der Waals surface area contributed by atoms with Gasteiger partial charge in [-0.1, -0.05) is 12.1 Å². The summed E-state index contributed by atoms with van der Waals surface area (Å²) in [5, 5.41) is 11.6. The third-order valence-electron chi connectivity index (χ3n) is 2.64. The molecule has 1 amide bonds. The molecule has 1 rings (SSSR count). The first-order valence-corrected chi connectivity index (χ1v) is 5.85. The lowest BCUT2D eigenvalue weighted by Gasteiger charge is -2.16. The van der Waals surface area contributed by atoms with E-state index in [1.807, 2.05) is 0 Å². The number of nitrogens with one attached hydrogen (secondary N) is 1. The molecule has 1 aromatic carbocycles. The van der Waals surface area contributed by atoms with Crippen molar-refractivity contribution in [2.45, 2.75) is 25.4 Å². The van der Waals surface area contributed by atoms with Crippen LogP contribution < -0.4 is 11.1 Å². The molecule has 0 bridgehead atoms. The van der Waals surface area contributed by atoms with Crippen LogP contribution in [-0.2, 0) is 20.7 Å². The molecule has 0 heterocycles.